The molecule has 0 aromatic heterocycles. The second kappa shape index (κ2) is 17.1. The van der Waals surface area contributed by atoms with Crippen LogP contribution in [0.5, 0.6) is 0 Å². The van der Waals surface area contributed by atoms with Gasteiger partial charge < -0.3 is 8.43 Å². The van der Waals surface area contributed by atoms with Gasteiger partial charge in [-0.05, 0) is 45.7 Å². The Morgan fingerprint density at radius 2 is 0.767 bits per heavy atom. The zero-order valence-corrected chi connectivity index (χ0v) is 24.6. The average molecular weight is 479 g/mol. The lowest BCUT2D eigenvalue weighted by molar-refractivity contribution is 0.380. The molecule has 30 heavy (non-hydrogen) atoms. The molecule has 0 saturated carbocycles. The van der Waals surface area contributed by atoms with Gasteiger partial charge in [-0.3, -0.25) is 4.57 Å². The summed E-state index contributed by atoms with van der Waals surface area (Å²) >= 11 is 0. The molecule has 0 fully saturated rings. The zero-order valence-electron chi connectivity index (χ0n) is 21.7. The molecule has 0 saturated heterocycles. The van der Waals surface area contributed by atoms with Gasteiger partial charge in [0.2, 0.25) is 0 Å². The Labute approximate surface area is 192 Å². The standard InChI is InChI=1S/C24H55O3PSi2/c1-8-9-10-11-12-13-14-15-16-17-18-19-20-21-22-23-24-28(25,26-29(2,3)4)27-30(5,6)7/h8-24H2,1-7H3. The van der Waals surface area contributed by atoms with E-state index in [1.54, 1.807) is 0 Å². The highest BCUT2D eigenvalue weighted by Gasteiger charge is 2.35. The molecule has 3 nitrogen and oxygen atoms in total. The van der Waals surface area contributed by atoms with Crippen LogP contribution >= 0.6 is 7.60 Å². The molecule has 0 rings (SSSR count). The minimum absolute atomic E-state index is 0.597. The molecule has 0 aliphatic heterocycles. The van der Waals surface area contributed by atoms with Gasteiger partial charge in [0.25, 0.3) is 0 Å². The van der Waals surface area contributed by atoms with Crippen molar-refractivity contribution in [3.8, 4) is 0 Å². The van der Waals surface area contributed by atoms with Gasteiger partial charge in [0.1, 0.15) is 0 Å². The number of rotatable bonds is 21. The Morgan fingerprint density at radius 1 is 0.500 bits per heavy atom. The largest absolute Gasteiger partial charge is 0.352 e. The molecule has 0 aromatic carbocycles. The Kier molecular flexibility index (Phi) is 17.4. The molecule has 0 N–H and O–H groups in total. The van der Waals surface area contributed by atoms with Crippen molar-refractivity contribution in [3.63, 3.8) is 0 Å². The van der Waals surface area contributed by atoms with Crippen molar-refractivity contribution >= 4 is 24.2 Å². The van der Waals surface area contributed by atoms with Crippen molar-refractivity contribution in [3.05, 3.63) is 0 Å². The Hall–Kier alpha value is 0.584. The molecule has 0 spiro atoms. The molecule has 0 aliphatic carbocycles. The van der Waals surface area contributed by atoms with Crippen LogP contribution in [-0.4, -0.2) is 22.8 Å². The molecule has 182 valence electrons. The van der Waals surface area contributed by atoms with Crippen molar-refractivity contribution in [1.82, 2.24) is 0 Å². The van der Waals surface area contributed by atoms with Gasteiger partial charge in [0.15, 0.2) is 16.6 Å². The monoisotopic (exact) mass is 478 g/mol. The topological polar surface area (TPSA) is 35.5 Å². The molecule has 0 atom stereocenters. The fourth-order valence-electron chi connectivity index (χ4n) is 3.80. The van der Waals surface area contributed by atoms with Crippen LogP contribution < -0.4 is 0 Å². The van der Waals surface area contributed by atoms with Crippen LogP contribution in [0.15, 0.2) is 0 Å². The van der Waals surface area contributed by atoms with Crippen LogP contribution in [0.3, 0.4) is 0 Å². The normalized spacial score (nSPS) is 13.2. The molecule has 0 bridgehead atoms. The third-order valence-electron chi connectivity index (χ3n) is 5.11. The van der Waals surface area contributed by atoms with Crippen LogP contribution in [0.1, 0.15) is 110 Å². The summed E-state index contributed by atoms with van der Waals surface area (Å²) < 4.78 is 25.3. The fraction of sp³-hybridized carbons (Fsp3) is 1.00. The second-order valence-corrected chi connectivity index (χ2v) is 22.6. The van der Waals surface area contributed by atoms with E-state index in [2.05, 4.69) is 46.2 Å². The summed E-state index contributed by atoms with van der Waals surface area (Å²) in [5, 5.41) is 0. The first-order valence-corrected chi connectivity index (χ1v) is 21.5. The van der Waals surface area contributed by atoms with E-state index in [9.17, 15) is 4.57 Å². The van der Waals surface area contributed by atoms with Gasteiger partial charge in [0.05, 0.1) is 0 Å². The summed E-state index contributed by atoms with van der Waals surface area (Å²) in [6.07, 6.45) is 22.2. The van der Waals surface area contributed by atoms with Crippen LogP contribution in [0.4, 0.5) is 0 Å². The highest BCUT2D eigenvalue weighted by Crippen LogP contribution is 2.53. The molecule has 6 heteroatoms. The molecule has 0 radical (unpaired) electrons. The third-order valence-corrected chi connectivity index (χ3v) is 12.6. The first kappa shape index (κ1) is 30.6. The van der Waals surface area contributed by atoms with Gasteiger partial charge in [-0.15, -0.1) is 0 Å². The molecule has 0 aliphatic rings. The van der Waals surface area contributed by atoms with E-state index in [1.165, 1.54) is 89.9 Å². The van der Waals surface area contributed by atoms with Crippen LogP contribution in [0.25, 0.3) is 0 Å². The summed E-state index contributed by atoms with van der Waals surface area (Å²) in [7, 11) is -6.67. The second-order valence-electron chi connectivity index (χ2n) is 11.0. The van der Waals surface area contributed by atoms with Crippen LogP contribution in [0.2, 0.25) is 39.3 Å². The zero-order chi connectivity index (χ0) is 22.9. The van der Waals surface area contributed by atoms with Crippen molar-refractivity contribution in [2.75, 3.05) is 6.16 Å². The van der Waals surface area contributed by atoms with Crippen molar-refractivity contribution in [1.29, 1.82) is 0 Å². The van der Waals surface area contributed by atoms with E-state index in [1.807, 2.05) is 0 Å². The minimum Gasteiger partial charge on any atom is -0.352 e. The molecular weight excluding hydrogens is 423 g/mol. The molecular formula is C24H55O3PSi2. The third kappa shape index (κ3) is 21.8. The molecule has 0 amide bonds. The lowest BCUT2D eigenvalue weighted by atomic mass is 10.0. The van der Waals surface area contributed by atoms with Crippen LogP contribution in [0, 0.1) is 0 Å². The maximum atomic E-state index is 13.2. The summed E-state index contributed by atoms with van der Waals surface area (Å²) in [6.45, 7) is 14.9. The number of unbranched alkanes of at least 4 members (excludes halogenated alkanes) is 15. The van der Waals surface area contributed by atoms with Crippen molar-refractivity contribution in [2.45, 2.75) is 149 Å². The highest BCUT2D eigenvalue weighted by molar-refractivity contribution is 7.57. The van der Waals surface area contributed by atoms with E-state index >= 15 is 0 Å². The maximum absolute atomic E-state index is 13.2. The molecule has 0 unspecified atom stereocenters. The van der Waals surface area contributed by atoms with Gasteiger partial charge in [-0.1, -0.05) is 103 Å². The highest BCUT2D eigenvalue weighted by atomic mass is 31.2. The predicted octanol–water partition coefficient (Wildman–Crippen LogP) is 10.1. The first-order chi connectivity index (χ1) is 14.0. The van der Waals surface area contributed by atoms with E-state index in [-0.39, 0.29) is 0 Å². The lowest BCUT2D eigenvalue weighted by Gasteiger charge is -2.31. The van der Waals surface area contributed by atoms with E-state index in [0.29, 0.717) is 6.16 Å². The van der Waals surface area contributed by atoms with Gasteiger partial charge in [-0.2, -0.15) is 0 Å². The minimum atomic E-state index is -2.93. The SMILES string of the molecule is CCCCCCCCCCCCCCCCCCP(=O)(O[Si](C)(C)C)O[Si](C)(C)C. The van der Waals surface area contributed by atoms with Crippen molar-refractivity contribution in [2.24, 2.45) is 0 Å². The maximum Gasteiger partial charge on any atom is 0.311 e. The van der Waals surface area contributed by atoms with Gasteiger partial charge >= 0.3 is 7.60 Å². The summed E-state index contributed by atoms with van der Waals surface area (Å²) in [4.78, 5) is 0. The molecule has 0 heterocycles. The Bertz CT molecular complexity index is 425. The quantitative estimate of drug-likeness (QED) is 0.0934. The smallest absolute Gasteiger partial charge is 0.311 e. The Balaban J connectivity index is 3.67. The predicted molar refractivity (Wildman–Crippen MR) is 141 cm³/mol. The molecule has 0 aromatic rings. The van der Waals surface area contributed by atoms with Crippen LogP contribution in [-0.2, 0) is 13.0 Å². The average Bonchev–Trinajstić information content (AvgIpc) is 2.58. The van der Waals surface area contributed by atoms with E-state index in [0.717, 1.165) is 12.8 Å². The lowest BCUT2D eigenvalue weighted by Crippen LogP contribution is -2.30. The van der Waals surface area contributed by atoms with Gasteiger partial charge in [-0.25, -0.2) is 0 Å². The summed E-state index contributed by atoms with van der Waals surface area (Å²) in [6, 6.07) is 0. The number of hydrogen-bond acceptors (Lipinski definition) is 3. The van der Waals surface area contributed by atoms with E-state index in [4.69, 9.17) is 8.43 Å². The Morgan fingerprint density at radius 3 is 1.03 bits per heavy atom. The summed E-state index contributed by atoms with van der Waals surface area (Å²) in [5.41, 5.74) is 0. The van der Waals surface area contributed by atoms with E-state index < -0.39 is 24.2 Å². The van der Waals surface area contributed by atoms with Crippen molar-refractivity contribution < 1.29 is 13.0 Å². The summed E-state index contributed by atoms with van der Waals surface area (Å²) in [5.74, 6) is 0. The first-order valence-electron chi connectivity index (χ1n) is 13.0. The van der Waals surface area contributed by atoms with Gasteiger partial charge in [0, 0.05) is 6.16 Å². The number of hydrogen-bond donors (Lipinski definition) is 0. The fourth-order valence-corrected chi connectivity index (χ4v) is 12.3.